The van der Waals surface area contributed by atoms with Gasteiger partial charge in [0.25, 0.3) is 0 Å². The summed E-state index contributed by atoms with van der Waals surface area (Å²) in [4.78, 5) is 0. The Hall–Kier alpha value is 2.97. The molecule has 0 spiro atoms. The molecule has 0 unspecified atom stereocenters. The average Bonchev–Trinajstić information content (AvgIpc) is 0. The molecule has 0 heterocycles. The molecule has 0 radical (unpaired) electrons. The molecule has 4 heavy (non-hydrogen) atoms. The van der Waals surface area contributed by atoms with Crippen LogP contribution in [0, 0.1) is 41.7 Å². The summed E-state index contributed by atoms with van der Waals surface area (Å²) in [6.07, 6.45) is 0. The van der Waals surface area contributed by atoms with Crippen molar-refractivity contribution in [3.05, 3.63) is 0 Å². The Morgan fingerprint density at radius 3 is 1.00 bits per heavy atom. The summed E-state index contributed by atoms with van der Waals surface area (Å²) in [5.41, 5.74) is 0. The van der Waals surface area contributed by atoms with Crippen LogP contribution in [0.5, 0.6) is 0 Å². The van der Waals surface area contributed by atoms with Gasteiger partial charge in [-0.1, -0.05) is 0 Å². The minimum absolute atomic E-state index is 0. The number of hydrogen-bond acceptors (Lipinski definition) is 0. The van der Waals surface area contributed by atoms with Gasteiger partial charge >= 0.3 is 23.1 Å². The van der Waals surface area contributed by atoms with Gasteiger partial charge in [-0.2, -0.15) is 0 Å². The summed E-state index contributed by atoms with van der Waals surface area (Å²) < 4.78 is 0. The van der Waals surface area contributed by atoms with Crippen molar-refractivity contribution < 1.29 is 73.1 Å². The van der Waals surface area contributed by atoms with Gasteiger partial charge in [0, 0.05) is 67.6 Å². The van der Waals surface area contributed by atoms with Crippen LogP contribution < -0.4 is 0 Å². The Labute approximate surface area is 93.9 Å². The Bertz CT molecular complexity index is 8.00. The maximum atomic E-state index is 0. The molecule has 0 rings (SSSR count). The van der Waals surface area contributed by atoms with Gasteiger partial charge in [0.05, 0.1) is 0 Å². The van der Waals surface area contributed by atoms with Crippen molar-refractivity contribution in [2.45, 2.75) is 0 Å². The van der Waals surface area contributed by atoms with Crippen LogP contribution in [-0.2, 0) is 25.8 Å². The summed E-state index contributed by atoms with van der Waals surface area (Å²) in [5, 5.41) is 0. The topological polar surface area (TPSA) is 31.5 Å². The van der Waals surface area contributed by atoms with Gasteiger partial charge in [0.2, 0.25) is 0 Å². The molecule has 0 aliphatic rings. The fourth-order valence-electron chi connectivity index (χ4n) is 0. The van der Waals surface area contributed by atoms with Crippen molar-refractivity contribution in [1.82, 2.24) is 0 Å². The number of hydrogen-bond donors (Lipinski definition) is 0. The van der Waals surface area contributed by atoms with Gasteiger partial charge in [0.15, 0.2) is 0 Å². The quantitative estimate of drug-likeness (QED) is 0.458. The second-order valence-electron chi connectivity index (χ2n) is 0. The molecule has 0 bridgehead atoms. The molecule has 0 aromatic heterocycles. The van der Waals surface area contributed by atoms with E-state index in [1.165, 1.54) is 0 Å². The van der Waals surface area contributed by atoms with E-state index >= 15 is 0 Å². The second kappa shape index (κ2) is 16.7. The average molecular weight is 363 g/mol. The Balaban J connectivity index is 0. The summed E-state index contributed by atoms with van der Waals surface area (Å²) in [6.45, 7) is 0. The van der Waals surface area contributed by atoms with E-state index in [0.29, 0.717) is 0 Å². The van der Waals surface area contributed by atoms with Gasteiger partial charge in [0.1, 0.15) is 0 Å². The Morgan fingerprint density at radius 2 is 1.00 bits per heavy atom. The zero-order valence-corrected chi connectivity index (χ0v) is 8.23. The standard InChI is InChI=1S/Ce.Hf.Mg.H2O.2H/h;;;1H2;;. The van der Waals surface area contributed by atoms with Crippen LogP contribution in [0.15, 0.2) is 0 Å². The molecule has 0 saturated carbocycles. The molecule has 0 atom stereocenters. The molecule has 0 aliphatic heterocycles. The van der Waals surface area contributed by atoms with Crippen molar-refractivity contribution in [1.29, 1.82) is 0 Å². The fourth-order valence-corrected chi connectivity index (χ4v) is 0. The van der Waals surface area contributed by atoms with Gasteiger partial charge in [-0.25, -0.2) is 0 Å². The fraction of sp³-hybridized carbons (Fsp3) is 0. The van der Waals surface area contributed by atoms with E-state index in [9.17, 15) is 0 Å². The zero-order valence-electron chi connectivity index (χ0n) is 1.50. The Morgan fingerprint density at radius 1 is 1.00 bits per heavy atom. The van der Waals surface area contributed by atoms with Crippen LogP contribution in [-0.4, -0.2) is 28.5 Å². The predicted molar refractivity (Wildman–Crippen MR) is 12.2 cm³/mol. The third kappa shape index (κ3) is 8.88. The molecule has 1 nitrogen and oxygen atoms in total. The zero-order chi connectivity index (χ0) is 0. The number of rotatable bonds is 0. The minimum atomic E-state index is 0. The molecule has 0 saturated heterocycles. The van der Waals surface area contributed by atoms with Crippen molar-refractivity contribution in [3.8, 4) is 0 Å². The Kier molecular flexibility index (Phi) is 118. The molecule has 2 N–H and O–H groups in total. The van der Waals surface area contributed by atoms with Crippen molar-refractivity contribution in [3.63, 3.8) is 0 Å². The van der Waals surface area contributed by atoms with Crippen LogP contribution in [0.4, 0.5) is 0 Å². The van der Waals surface area contributed by atoms with Gasteiger partial charge < -0.3 is 5.48 Å². The van der Waals surface area contributed by atoms with E-state index < -0.39 is 0 Å². The van der Waals surface area contributed by atoms with Crippen LogP contribution >= 0.6 is 0 Å². The predicted octanol–water partition coefficient (Wildman–Crippen LogP) is -1.74. The third-order valence-electron chi connectivity index (χ3n) is 0. The van der Waals surface area contributed by atoms with Gasteiger partial charge in [-0.3, -0.25) is 0 Å². The summed E-state index contributed by atoms with van der Waals surface area (Å²) in [7, 11) is 0. The summed E-state index contributed by atoms with van der Waals surface area (Å²) in [5.74, 6) is 0. The molecule has 4 heteroatoms. The maximum Gasteiger partial charge on any atom is 0.316 e. The molecule has 0 fully saturated rings. The molecule has 0 aromatic carbocycles. The first-order valence-corrected chi connectivity index (χ1v) is 0. The molecule has 0 amide bonds. The van der Waals surface area contributed by atoms with E-state index in [1.807, 2.05) is 0 Å². The van der Waals surface area contributed by atoms with Crippen molar-refractivity contribution in [2.75, 3.05) is 0 Å². The normalized spacial score (nSPS) is 0. The van der Waals surface area contributed by atoms with E-state index in [0.717, 1.165) is 0 Å². The van der Waals surface area contributed by atoms with E-state index in [2.05, 4.69) is 0 Å². The molecular formula is H4CeHfMgO. The third-order valence-corrected chi connectivity index (χ3v) is 0. The van der Waals surface area contributed by atoms with Crippen molar-refractivity contribution >= 4 is 23.1 Å². The van der Waals surface area contributed by atoms with Crippen LogP contribution in [0.3, 0.4) is 0 Å². The van der Waals surface area contributed by atoms with E-state index in [4.69, 9.17) is 0 Å². The first-order chi connectivity index (χ1) is 0. The maximum absolute atomic E-state index is 0. The SMILES string of the molecule is O.[Ce].[Hf].[MgH2]. The summed E-state index contributed by atoms with van der Waals surface area (Å²) >= 11 is 0. The summed E-state index contributed by atoms with van der Waals surface area (Å²) in [6, 6.07) is 0. The van der Waals surface area contributed by atoms with E-state index in [-0.39, 0.29) is 96.1 Å². The smallest absolute Gasteiger partial charge is 0.316 e. The van der Waals surface area contributed by atoms with Crippen LogP contribution in [0.1, 0.15) is 0 Å². The first kappa shape index (κ1) is 28.1. The van der Waals surface area contributed by atoms with Crippen molar-refractivity contribution in [2.24, 2.45) is 0 Å². The molecule has 20 valence electrons. The largest absolute Gasteiger partial charge is 0.412 e. The molecule has 0 aromatic rings. The van der Waals surface area contributed by atoms with Crippen LogP contribution in [0.25, 0.3) is 0 Å². The first-order valence-electron chi connectivity index (χ1n) is 0. The van der Waals surface area contributed by atoms with Crippen LogP contribution in [0.2, 0.25) is 0 Å². The van der Waals surface area contributed by atoms with E-state index in [1.54, 1.807) is 0 Å². The van der Waals surface area contributed by atoms with Gasteiger partial charge in [-0.15, -0.1) is 0 Å². The molecular weight excluding hydrogens is 359 g/mol. The second-order valence-corrected chi connectivity index (χ2v) is 0. The monoisotopic (exact) mass is 364 g/mol. The molecule has 0 aliphatic carbocycles. The van der Waals surface area contributed by atoms with Gasteiger partial charge in [-0.05, 0) is 0 Å². The minimum Gasteiger partial charge on any atom is -0.412 e.